The van der Waals surface area contributed by atoms with Crippen molar-refractivity contribution in [3.63, 3.8) is 0 Å². The normalized spacial score (nSPS) is 24.1. The van der Waals surface area contributed by atoms with Crippen LogP contribution in [0, 0.1) is 17.8 Å². The van der Waals surface area contributed by atoms with Gasteiger partial charge in [0.05, 0.1) is 0 Å². The van der Waals surface area contributed by atoms with E-state index < -0.39 is 0 Å². The molecule has 1 nitrogen and oxygen atoms in total. The highest BCUT2D eigenvalue weighted by Crippen LogP contribution is 2.41. The molecular weight excluding hydrogens is 208 g/mol. The first-order chi connectivity index (χ1) is 8.27. The second-order valence-corrected chi connectivity index (χ2v) is 6.37. The summed E-state index contributed by atoms with van der Waals surface area (Å²) in [6.07, 6.45) is 14.9. The van der Waals surface area contributed by atoms with Crippen LogP contribution in [0.3, 0.4) is 0 Å². The SMILES string of the molecule is CC(=O)CC(C1CCCCC1)C1CCCCC1. The minimum absolute atomic E-state index is 0.422. The van der Waals surface area contributed by atoms with Crippen molar-refractivity contribution in [3.8, 4) is 0 Å². The molecule has 17 heavy (non-hydrogen) atoms. The fourth-order valence-corrected chi connectivity index (χ4v) is 4.17. The van der Waals surface area contributed by atoms with E-state index in [2.05, 4.69) is 0 Å². The summed E-state index contributed by atoms with van der Waals surface area (Å²) in [5.74, 6) is 2.89. The van der Waals surface area contributed by atoms with Gasteiger partial charge in [-0.2, -0.15) is 0 Å². The van der Waals surface area contributed by atoms with Gasteiger partial charge in [-0.05, 0) is 24.7 Å². The van der Waals surface area contributed by atoms with Crippen molar-refractivity contribution in [2.45, 2.75) is 77.6 Å². The van der Waals surface area contributed by atoms with Crippen molar-refractivity contribution in [2.24, 2.45) is 17.8 Å². The third kappa shape index (κ3) is 3.82. The minimum Gasteiger partial charge on any atom is -0.300 e. The third-order valence-electron chi connectivity index (χ3n) is 5.03. The number of rotatable bonds is 4. The average molecular weight is 236 g/mol. The zero-order chi connectivity index (χ0) is 12.1. The molecule has 0 heterocycles. The lowest BCUT2D eigenvalue weighted by molar-refractivity contribution is -0.119. The number of ketones is 1. The van der Waals surface area contributed by atoms with E-state index in [1.807, 2.05) is 0 Å². The molecular formula is C16H28O. The van der Waals surface area contributed by atoms with Crippen LogP contribution in [-0.4, -0.2) is 5.78 Å². The van der Waals surface area contributed by atoms with E-state index in [0.717, 1.165) is 24.2 Å². The summed E-state index contributed by atoms with van der Waals surface area (Å²) in [4.78, 5) is 11.5. The summed E-state index contributed by atoms with van der Waals surface area (Å²) in [6, 6.07) is 0. The Morgan fingerprint density at radius 3 is 1.65 bits per heavy atom. The van der Waals surface area contributed by atoms with Gasteiger partial charge in [0.1, 0.15) is 5.78 Å². The average Bonchev–Trinajstić information content (AvgIpc) is 2.38. The molecule has 1 heteroatoms. The first-order valence-corrected chi connectivity index (χ1v) is 7.77. The molecule has 2 aliphatic rings. The summed E-state index contributed by atoms with van der Waals surface area (Å²) in [7, 11) is 0. The van der Waals surface area contributed by atoms with E-state index in [1.165, 1.54) is 64.2 Å². The highest BCUT2D eigenvalue weighted by molar-refractivity contribution is 5.75. The molecule has 0 unspecified atom stereocenters. The zero-order valence-corrected chi connectivity index (χ0v) is 11.4. The maximum atomic E-state index is 11.5. The van der Waals surface area contributed by atoms with Gasteiger partial charge in [-0.1, -0.05) is 64.2 Å². The van der Waals surface area contributed by atoms with E-state index in [4.69, 9.17) is 0 Å². The van der Waals surface area contributed by atoms with Gasteiger partial charge in [0.15, 0.2) is 0 Å². The maximum Gasteiger partial charge on any atom is 0.130 e. The van der Waals surface area contributed by atoms with Crippen LogP contribution in [0.15, 0.2) is 0 Å². The molecule has 0 spiro atoms. The van der Waals surface area contributed by atoms with Crippen molar-refractivity contribution in [2.75, 3.05) is 0 Å². The number of carbonyl (C=O) groups excluding carboxylic acids is 1. The molecule has 2 fully saturated rings. The molecule has 0 aromatic heterocycles. The Hall–Kier alpha value is -0.330. The smallest absolute Gasteiger partial charge is 0.130 e. The zero-order valence-electron chi connectivity index (χ0n) is 11.4. The van der Waals surface area contributed by atoms with E-state index in [0.29, 0.717) is 5.78 Å². The fraction of sp³-hybridized carbons (Fsp3) is 0.938. The summed E-state index contributed by atoms with van der Waals surface area (Å²) >= 11 is 0. The van der Waals surface area contributed by atoms with Crippen LogP contribution in [0.4, 0.5) is 0 Å². The second-order valence-electron chi connectivity index (χ2n) is 6.37. The van der Waals surface area contributed by atoms with Crippen molar-refractivity contribution < 1.29 is 4.79 Å². The molecule has 0 amide bonds. The molecule has 98 valence electrons. The molecule has 0 aromatic rings. The first kappa shape index (κ1) is 13.1. The molecule has 2 saturated carbocycles. The Morgan fingerprint density at radius 2 is 1.29 bits per heavy atom. The highest BCUT2D eigenvalue weighted by Gasteiger charge is 2.31. The monoisotopic (exact) mass is 236 g/mol. The van der Waals surface area contributed by atoms with Crippen molar-refractivity contribution in [1.82, 2.24) is 0 Å². The number of carbonyl (C=O) groups is 1. The van der Waals surface area contributed by atoms with Crippen LogP contribution < -0.4 is 0 Å². The van der Waals surface area contributed by atoms with Gasteiger partial charge in [0.2, 0.25) is 0 Å². The summed E-state index contributed by atoms with van der Waals surface area (Å²) in [5.41, 5.74) is 0. The maximum absolute atomic E-state index is 11.5. The lowest BCUT2D eigenvalue weighted by atomic mass is 9.68. The van der Waals surface area contributed by atoms with E-state index in [1.54, 1.807) is 6.92 Å². The molecule has 0 N–H and O–H groups in total. The van der Waals surface area contributed by atoms with Crippen LogP contribution in [0.25, 0.3) is 0 Å². The summed E-state index contributed by atoms with van der Waals surface area (Å²) in [5, 5.41) is 0. The van der Waals surface area contributed by atoms with Gasteiger partial charge in [-0.3, -0.25) is 0 Å². The van der Waals surface area contributed by atoms with Crippen molar-refractivity contribution in [1.29, 1.82) is 0 Å². The quantitative estimate of drug-likeness (QED) is 0.689. The number of hydrogen-bond acceptors (Lipinski definition) is 1. The first-order valence-electron chi connectivity index (χ1n) is 7.77. The Labute approximate surface area is 106 Å². The topological polar surface area (TPSA) is 17.1 Å². The Bertz CT molecular complexity index is 216. The van der Waals surface area contributed by atoms with E-state index in [9.17, 15) is 4.79 Å². The lowest BCUT2D eigenvalue weighted by Crippen LogP contribution is -2.28. The predicted molar refractivity (Wildman–Crippen MR) is 71.9 cm³/mol. The van der Waals surface area contributed by atoms with Crippen LogP contribution >= 0.6 is 0 Å². The van der Waals surface area contributed by atoms with Crippen LogP contribution in [0.1, 0.15) is 77.6 Å². The third-order valence-corrected chi connectivity index (χ3v) is 5.03. The number of hydrogen-bond donors (Lipinski definition) is 0. The molecule has 0 bridgehead atoms. The van der Waals surface area contributed by atoms with Crippen LogP contribution in [0.2, 0.25) is 0 Å². The van der Waals surface area contributed by atoms with Gasteiger partial charge in [-0.25, -0.2) is 0 Å². The minimum atomic E-state index is 0.422. The van der Waals surface area contributed by atoms with Crippen molar-refractivity contribution >= 4 is 5.78 Å². The highest BCUT2D eigenvalue weighted by atomic mass is 16.1. The molecule has 2 rings (SSSR count). The predicted octanol–water partition coefficient (Wildman–Crippen LogP) is 4.74. The molecule has 0 aromatic carbocycles. The van der Waals surface area contributed by atoms with Crippen LogP contribution in [-0.2, 0) is 4.79 Å². The fourth-order valence-electron chi connectivity index (χ4n) is 4.17. The van der Waals surface area contributed by atoms with E-state index >= 15 is 0 Å². The number of Topliss-reactive ketones (excluding diaryl/α,β-unsaturated/α-hetero) is 1. The molecule has 0 aliphatic heterocycles. The second kappa shape index (κ2) is 6.56. The largest absolute Gasteiger partial charge is 0.300 e. The van der Waals surface area contributed by atoms with Crippen molar-refractivity contribution in [3.05, 3.63) is 0 Å². The Morgan fingerprint density at radius 1 is 0.882 bits per heavy atom. The van der Waals surface area contributed by atoms with Crippen LogP contribution in [0.5, 0.6) is 0 Å². The molecule has 0 radical (unpaired) electrons. The summed E-state index contributed by atoms with van der Waals surface area (Å²) in [6.45, 7) is 1.79. The van der Waals surface area contributed by atoms with Gasteiger partial charge in [0, 0.05) is 6.42 Å². The Kier molecular flexibility index (Phi) is 5.06. The summed E-state index contributed by atoms with van der Waals surface area (Å²) < 4.78 is 0. The van der Waals surface area contributed by atoms with E-state index in [-0.39, 0.29) is 0 Å². The Balaban J connectivity index is 1.97. The van der Waals surface area contributed by atoms with Gasteiger partial charge in [-0.15, -0.1) is 0 Å². The molecule has 0 saturated heterocycles. The molecule has 2 aliphatic carbocycles. The molecule has 0 atom stereocenters. The van der Waals surface area contributed by atoms with Gasteiger partial charge >= 0.3 is 0 Å². The lowest BCUT2D eigenvalue weighted by Gasteiger charge is -2.37. The standard InChI is InChI=1S/C16H28O/c1-13(17)12-16(14-8-4-2-5-9-14)15-10-6-3-7-11-15/h14-16H,2-12H2,1H3. The van der Waals surface area contributed by atoms with Gasteiger partial charge in [0.25, 0.3) is 0 Å². The van der Waals surface area contributed by atoms with Gasteiger partial charge < -0.3 is 4.79 Å².